The van der Waals surface area contributed by atoms with Crippen molar-refractivity contribution >= 4 is 33.2 Å². The third-order valence-corrected chi connectivity index (χ3v) is 3.69. The third kappa shape index (κ3) is 2.79. The highest BCUT2D eigenvalue weighted by Gasteiger charge is 2.17. The lowest BCUT2D eigenvalue weighted by Gasteiger charge is -2.20. The first-order valence-electron chi connectivity index (χ1n) is 5.89. The maximum absolute atomic E-state index is 12.5. The number of aryl methyl sites for hydroxylation is 1. The Morgan fingerprint density at radius 2 is 1.89 bits per heavy atom. The Bertz CT molecular complexity index is 625. The maximum Gasteiger partial charge on any atom is 0.259 e. The first-order valence-corrected chi connectivity index (χ1v) is 6.68. The van der Waals surface area contributed by atoms with Gasteiger partial charge in [0.05, 0.1) is 5.56 Å². The predicted molar refractivity (Wildman–Crippen MR) is 82.5 cm³/mol. The molecule has 0 saturated carbocycles. The molecule has 3 nitrogen and oxygen atoms in total. The van der Waals surface area contributed by atoms with E-state index in [0.29, 0.717) is 11.3 Å². The molecule has 0 atom stereocenters. The first-order chi connectivity index (χ1) is 9.00. The van der Waals surface area contributed by atoms with Crippen molar-refractivity contribution in [2.75, 3.05) is 17.7 Å². The number of para-hydroxylation sites is 1. The largest absolute Gasteiger partial charge is 0.399 e. The summed E-state index contributed by atoms with van der Waals surface area (Å²) in [5.41, 5.74) is 8.82. The second-order valence-electron chi connectivity index (χ2n) is 4.39. The topological polar surface area (TPSA) is 46.3 Å². The zero-order valence-corrected chi connectivity index (χ0v) is 12.4. The Hall–Kier alpha value is -1.81. The number of benzene rings is 2. The van der Waals surface area contributed by atoms with Gasteiger partial charge in [0.15, 0.2) is 0 Å². The number of amides is 1. The summed E-state index contributed by atoms with van der Waals surface area (Å²) in [7, 11) is 1.76. The molecule has 0 fully saturated rings. The number of hydrogen-bond acceptors (Lipinski definition) is 2. The van der Waals surface area contributed by atoms with Crippen molar-refractivity contribution in [3.8, 4) is 0 Å². The summed E-state index contributed by atoms with van der Waals surface area (Å²) in [6.07, 6.45) is 0. The molecule has 98 valence electrons. The molecule has 1 amide bonds. The van der Waals surface area contributed by atoms with Crippen LogP contribution in [0.4, 0.5) is 11.4 Å². The van der Waals surface area contributed by atoms with E-state index in [1.807, 2.05) is 31.2 Å². The molecule has 0 aliphatic rings. The number of rotatable bonds is 2. The molecular formula is C15H15BrN2O. The molecule has 0 radical (unpaired) electrons. The number of nitrogen functional groups attached to an aromatic ring is 1. The fraction of sp³-hybridized carbons (Fsp3) is 0.133. The molecule has 0 saturated heterocycles. The van der Waals surface area contributed by atoms with Crippen molar-refractivity contribution in [1.29, 1.82) is 0 Å². The molecule has 2 aromatic carbocycles. The van der Waals surface area contributed by atoms with Gasteiger partial charge in [-0.2, -0.15) is 0 Å². The smallest absolute Gasteiger partial charge is 0.259 e. The van der Waals surface area contributed by atoms with Gasteiger partial charge in [-0.15, -0.1) is 0 Å². The molecule has 4 heteroatoms. The second kappa shape index (κ2) is 5.45. The van der Waals surface area contributed by atoms with E-state index in [-0.39, 0.29) is 5.91 Å². The van der Waals surface area contributed by atoms with Crippen LogP contribution in [0.25, 0.3) is 0 Å². The number of halogens is 1. The summed E-state index contributed by atoms with van der Waals surface area (Å²) in [5, 5.41) is 0. The van der Waals surface area contributed by atoms with E-state index in [4.69, 9.17) is 5.73 Å². The minimum Gasteiger partial charge on any atom is -0.399 e. The third-order valence-electron chi connectivity index (χ3n) is 3.00. The summed E-state index contributed by atoms with van der Waals surface area (Å²) in [4.78, 5) is 14.1. The van der Waals surface area contributed by atoms with Gasteiger partial charge in [-0.1, -0.05) is 18.2 Å². The first kappa shape index (κ1) is 13.6. The van der Waals surface area contributed by atoms with Gasteiger partial charge in [0.25, 0.3) is 5.91 Å². The Labute approximate surface area is 121 Å². The summed E-state index contributed by atoms with van der Waals surface area (Å²) >= 11 is 3.39. The van der Waals surface area contributed by atoms with Gasteiger partial charge in [0, 0.05) is 22.9 Å². The number of hydrogen-bond donors (Lipinski definition) is 1. The summed E-state index contributed by atoms with van der Waals surface area (Å²) < 4.78 is 0.743. The van der Waals surface area contributed by atoms with Crippen LogP contribution >= 0.6 is 15.9 Å². The van der Waals surface area contributed by atoms with E-state index in [9.17, 15) is 4.79 Å². The lowest BCUT2D eigenvalue weighted by molar-refractivity contribution is 0.0992. The summed E-state index contributed by atoms with van der Waals surface area (Å²) in [5.74, 6) is -0.0894. The number of carbonyl (C=O) groups excluding carboxylic acids is 1. The van der Waals surface area contributed by atoms with E-state index in [2.05, 4.69) is 15.9 Å². The Morgan fingerprint density at radius 1 is 1.21 bits per heavy atom. The second-order valence-corrected chi connectivity index (χ2v) is 5.24. The van der Waals surface area contributed by atoms with Crippen LogP contribution in [0.5, 0.6) is 0 Å². The molecule has 0 unspecified atom stereocenters. The lowest BCUT2D eigenvalue weighted by atomic mass is 10.1. The molecule has 0 aliphatic carbocycles. The monoisotopic (exact) mass is 318 g/mol. The number of nitrogens with two attached hydrogens (primary N) is 1. The molecule has 2 aromatic rings. The lowest BCUT2D eigenvalue weighted by Crippen LogP contribution is -2.27. The SMILES string of the molecule is Cc1ccccc1N(C)C(=O)c1cc(N)ccc1Br. The van der Waals surface area contributed by atoms with E-state index < -0.39 is 0 Å². The van der Waals surface area contributed by atoms with E-state index >= 15 is 0 Å². The van der Waals surface area contributed by atoms with Crippen LogP contribution in [-0.2, 0) is 0 Å². The molecule has 0 spiro atoms. The minimum atomic E-state index is -0.0894. The van der Waals surface area contributed by atoms with Crippen molar-refractivity contribution in [3.63, 3.8) is 0 Å². The molecule has 2 rings (SSSR count). The highest BCUT2D eigenvalue weighted by molar-refractivity contribution is 9.10. The molecule has 0 aromatic heterocycles. The van der Waals surface area contributed by atoms with E-state index in [0.717, 1.165) is 15.7 Å². The molecule has 2 N–H and O–H groups in total. The van der Waals surface area contributed by atoms with Gasteiger partial charge < -0.3 is 10.6 Å². The molecule has 0 aliphatic heterocycles. The van der Waals surface area contributed by atoms with Gasteiger partial charge in [-0.3, -0.25) is 4.79 Å². The normalized spacial score (nSPS) is 10.3. The predicted octanol–water partition coefficient (Wildman–Crippen LogP) is 3.62. The Morgan fingerprint density at radius 3 is 2.58 bits per heavy atom. The molecule has 0 heterocycles. The maximum atomic E-state index is 12.5. The standard InChI is InChI=1S/C15H15BrN2O/c1-10-5-3-4-6-14(10)18(2)15(19)12-9-11(17)7-8-13(12)16/h3-9H,17H2,1-2H3. The van der Waals surface area contributed by atoms with Crippen molar-refractivity contribution in [1.82, 2.24) is 0 Å². The van der Waals surface area contributed by atoms with Crippen LogP contribution in [0.2, 0.25) is 0 Å². The average Bonchev–Trinajstić information content (AvgIpc) is 2.40. The van der Waals surface area contributed by atoms with Gasteiger partial charge in [0.1, 0.15) is 0 Å². The quantitative estimate of drug-likeness (QED) is 0.860. The van der Waals surface area contributed by atoms with Crippen LogP contribution in [0.1, 0.15) is 15.9 Å². The van der Waals surface area contributed by atoms with Crippen molar-refractivity contribution in [2.45, 2.75) is 6.92 Å². The Balaban J connectivity index is 2.39. The van der Waals surface area contributed by atoms with Crippen LogP contribution in [-0.4, -0.2) is 13.0 Å². The fourth-order valence-electron chi connectivity index (χ4n) is 1.94. The van der Waals surface area contributed by atoms with Gasteiger partial charge >= 0.3 is 0 Å². The number of carbonyl (C=O) groups is 1. The number of nitrogens with zero attached hydrogens (tertiary/aromatic N) is 1. The van der Waals surface area contributed by atoms with Gasteiger partial charge in [0.2, 0.25) is 0 Å². The van der Waals surface area contributed by atoms with E-state index in [1.54, 1.807) is 30.1 Å². The van der Waals surface area contributed by atoms with Crippen LogP contribution in [0.15, 0.2) is 46.9 Å². The van der Waals surface area contributed by atoms with Crippen molar-refractivity contribution < 1.29 is 4.79 Å². The van der Waals surface area contributed by atoms with Crippen molar-refractivity contribution in [2.24, 2.45) is 0 Å². The minimum absolute atomic E-state index is 0.0894. The van der Waals surface area contributed by atoms with Gasteiger partial charge in [-0.05, 0) is 52.7 Å². The van der Waals surface area contributed by atoms with Gasteiger partial charge in [-0.25, -0.2) is 0 Å². The molecular weight excluding hydrogens is 304 g/mol. The van der Waals surface area contributed by atoms with E-state index in [1.165, 1.54) is 0 Å². The fourth-order valence-corrected chi connectivity index (χ4v) is 2.35. The summed E-state index contributed by atoms with van der Waals surface area (Å²) in [6.45, 7) is 1.98. The highest BCUT2D eigenvalue weighted by Crippen LogP contribution is 2.25. The van der Waals surface area contributed by atoms with Crippen LogP contribution in [0.3, 0.4) is 0 Å². The van der Waals surface area contributed by atoms with Crippen LogP contribution < -0.4 is 10.6 Å². The highest BCUT2D eigenvalue weighted by atomic mass is 79.9. The number of anilines is 2. The summed E-state index contributed by atoms with van der Waals surface area (Å²) in [6, 6.07) is 13.0. The average molecular weight is 319 g/mol. The zero-order valence-electron chi connectivity index (χ0n) is 10.9. The molecule has 19 heavy (non-hydrogen) atoms. The van der Waals surface area contributed by atoms with Crippen LogP contribution in [0, 0.1) is 6.92 Å². The van der Waals surface area contributed by atoms with Crippen molar-refractivity contribution in [3.05, 3.63) is 58.1 Å². The Kier molecular flexibility index (Phi) is 3.90. The zero-order chi connectivity index (χ0) is 14.0. The molecule has 0 bridgehead atoms.